The number of amides is 2. The summed E-state index contributed by atoms with van der Waals surface area (Å²) in [6.45, 7) is -0.504. The van der Waals surface area contributed by atoms with Crippen molar-refractivity contribution >= 4 is 28.9 Å². The standard InChI is InChI=1S/C18H14F3N3O4/c19-18(20,21)13-3-1-2-4-14(13)22-16(25)10-23-15-7-6-12(24(27)28)9-11(15)5-8-17(23)26/h1-4,6-7,9H,5,8,10H2,(H,22,25). The van der Waals surface area contributed by atoms with Gasteiger partial charge in [0.2, 0.25) is 11.8 Å². The summed E-state index contributed by atoms with van der Waals surface area (Å²) in [5.74, 6) is -1.20. The van der Waals surface area contributed by atoms with Crippen LogP contribution in [-0.2, 0) is 22.2 Å². The van der Waals surface area contributed by atoms with Crippen molar-refractivity contribution in [3.05, 3.63) is 63.7 Å². The number of alkyl halides is 3. The van der Waals surface area contributed by atoms with Crippen LogP contribution in [-0.4, -0.2) is 23.3 Å². The Labute approximate surface area is 156 Å². The number of rotatable bonds is 4. The van der Waals surface area contributed by atoms with Gasteiger partial charge in [-0.1, -0.05) is 12.1 Å². The number of carbonyl (C=O) groups is 2. The molecule has 0 saturated carbocycles. The first-order valence-electron chi connectivity index (χ1n) is 8.20. The Morgan fingerprint density at radius 1 is 1.18 bits per heavy atom. The van der Waals surface area contributed by atoms with Crippen LogP contribution in [0.1, 0.15) is 17.5 Å². The molecule has 2 aromatic rings. The van der Waals surface area contributed by atoms with Crippen LogP contribution in [0.2, 0.25) is 0 Å². The summed E-state index contributed by atoms with van der Waals surface area (Å²) in [6.07, 6.45) is -4.32. The molecule has 1 aliphatic heterocycles. The van der Waals surface area contributed by atoms with Gasteiger partial charge in [-0.25, -0.2) is 0 Å². The number of nitro benzene ring substituents is 1. The van der Waals surface area contributed by atoms with Gasteiger partial charge in [0.05, 0.1) is 16.2 Å². The van der Waals surface area contributed by atoms with Gasteiger partial charge in [0, 0.05) is 24.2 Å². The highest BCUT2D eigenvalue weighted by Gasteiger charge is 2.34. The summed E-state index contributed by atoms with van der Waals surface area (Å²) >= 11 is 0. The van der Waals surface area contributed by atoms with E-state index in [-0.39, 0.29) is 24.4 Å². The van der Waals surface area contributed by atoms with Gasteiger partial charge < -0.3 is 10.2 Å². The molecule has 1 N–H and O–H groups in total. The van der Waals surface area contributed by atoms with Crippen LogP contribution in [0.15, 0.2) is 42.5 Å². The Morgan fingerprint density at radius 3 is 2.57 bits per heavy atom. The number of para-hydroxylation sites is 1. The Morgan fingerprint density at radius 2 is 1.89 bits per heavy atom. The van der Waals surface area contributed by atoms with Gasteiger partial charge in [-0.05, 0) is 30.2 Å². The zero-order chi connectivity index (χ0) is 20.5. The molecule has 0 unspecified atom stereocenters. The first kappa shape index (κ1) is 19.3. The van der Waals surface area contributed by atoms with E-state index in [4.69, 9.17) is 0 Å². The smallest absolute Gasteiger partial charge is 0.324 e. The minimum atomic E-state index is -4.64. The fourth-order valence-corrected chi connectivity index (χ4v) is 3.01. The average molecular weight is 393 g/mol. The number of hydrogen-bond donors (Lipinski definition) is 1. The second kappa shape index (κ2) is 7.29. The van der Waals surface area contributed by atoms with Gasteiger partial charge in [-0.15, -0.1) is 0 Å². The summed E-state index contributed by atoms with van der Waals surface area (Å²) < 4.78 is 39.1. The van der Waals surface area contributed by atoms with Crippen molar-refractivity contribution in [3.8, 4) is 0 Å². The third kappa shape index (κ3) is 3.95. The fourth-order valence-electron chi connectivity index (χ4n) is 3.01. The summed E-state index contributed by atoms with van der Waals surface area (Å²) in [7, 11) is 0. The largest absolute Gasteiger partial charge is 0.418 e. The Balaban J connectivity index is 1.82. The molecule has 0 spiro atoms. The maximum Gasteiger partial charge on any atom is 0.418 e. The van der Waals surface area contributed by atoms with E-state index in [1.165, 1.54) is 30.3 Å². The normalized spacial score (nSPS) is 13.8. The van der Waals surface area contributed by atoms with Crippen molar-refractivity contribution < 1.29 is 27.7 Å². The predicted molar refractivity (Wildman–Crippen MR) is 93.8 cm³/mol. The van der Waals surface area contributed by atoms with Crippen LogP contribution in [0.5, 0.6) is 0 Å². The number of carbonyl (C=O) groups excluding carboxylic acids is 2. The number of non-ortho nitro benzene ring substituents is 1. The zero-order valence-corrected chi connectivity index (χ0v) is 14.3. The third-order valence-electron chi connectivity index (χ3n) is 4.28. The van der Waals surface area contributed by atoms with Crippen LogP contribution in [0, 0.1) is 10.1 Å². The van der Waals surface area contributed by atoms with Gasteiger partial charge in [-0.2, -0.15) is 13.2 Å². The summed E-state index contributed by atoms with van der Waals surface area (Å²) in [6, 6.07) is 8.42. The highest BCUT2D eigenvalue weighted by Crippen LogP contribution is 2.35. The zero-order valence-electron chi connectivity index (χ0n) is 14.3. The second-order valence-corrected chi connectivity index (χ2v) is 6.14. The van der Waals surface area contributed by atoms with E-state index >= 15 is 0 Å². The highest BCUT2D eigenvalue weighted by atomic mass is 19.4. The van der Waals surface area contributed by atoms with E-state index in [1.54, 1.807) is 0 Å². The lowest BCUT2D eigenvalue weighted by Gasteiger charge is -2.28. The van der Waals surface area contributed by atoms with E-state index in [0.29, 0.717) is 11.3 Å². The maximum atomic E-state index is 13.0. The quantitative estimate of drug-likeness (QED) is 0.635. The monoisotopic (exact) mass is 393 g/mol. The molecule has 0 aliphatic carbocycles. The number of anilines is 2. The third-order valence-corrected chi connectivity index (χ3v) is 4.28. The lowest BCUT2D eigenvalue weighted by molar-refractivity contribution is -0.384. The number of hydrogen-bond acceptors (Lipinski definition) is 4. The Bertz CT molecular complexity index is 959. The molecule has 2 amide bonds. The number of nitrogens with one attached hydrogen (secondary N) is 1. The van der Waals surface area contributed by atoms with E-state index in [1.807, 2.05) is 0 Å². The molecule has 146 valence electrons. The molecular weight excluding hydrogens is 379 g/mol. The first-order chi connectivity index (χ1) is 13.2. The van der Waals surface area contributed by atoms with E-state index < -0.39 is 34.8 Å². The summed E-state index contributed by atoms with van der Waals surface area (Å²) in [5.41, 5.74) is -0.687. The van der Waals surface area contributed by atoms with Gasteiger partial charge >= 0.3 is 6.18 Å². The van der Waals surface area contributed by atoms with Crippen molar-refractivity contribution in [3.63, 3.8) is 0 Å². The number of benzene rings is 2. The molecule has 0 fully saturated rings. The van der Waals surface area contributed by atoms with Crippen molar-refractivity contribution in [2.45, 2.75) is 19.0 Å². The van der Waals surface area contributed by atoms with Crippen LogP contribution in [0.25, 0.3) is 0 Å². The molecule has 10 heteroatoms. The van der Waals surface area contributed by atoms with Crippen molar-refractivity contribution in [2.75, 3.05) is 16.8 Å². The molecule has 7 nitrogen and oxygen atoms in total. The topological polar surface area (TPSA) is 92.5 Å². The lowest BCUT2D eigenvalue weighted by Crippen LogP contribution is -2.41. The fraction of sp³-hybridized carbons (Fsp3) is 0.222. The molecular formula is C18H14F3N3O4. The van der Waals surface area contributed by atoms with E-state index in [2.05, 4.69) is 5.32 Å². The molecule has 28 heavy (non-hydrogen) atoms. The molecule has 0 bridgehead atoms. The maximum absolute atomic E-state index is 13.0. The molecule has 0 saturated heterocycles. The molecule has 2 aromatic carbocycles. The average Bonchev–Trinajstić information content (AvgIpc) is 2.63. The van der Waals surface area contributed by atoms with Crippen LogP contribution >= 0.6 is 0 Å². The van der Waals surface area contributed by atoms with Crippen molar-refractivity contribution in [1.82, 2.24) is 0 Å². The predicted octanol–water partition coefficient (Wildman–Crippen LogP) is 3.53. The van der Waals surface area contributed by atoms with Crippen molar-refractivity contribution in [2.24, 2.45) is 0 Å². The van der Waals surface area contributed by atoms with E-state index in [9.17, 15) is 32.9 Å². The van der Waals surface area contributed by atoms with Crippen LogP contribution in [0.4, 0.5) is 30.2 Å². The molecule has 0 radical (unpaired) electrons. The lowest BCUT2D eigenvalue weighted by atomic mass is 10.0. The van der Waals surface area contributed by atoms with E-state index in [0.717, 1.165) is 17.0 Å². The number of fused-ring (bicyclic) bond motifs is 1. The highest BCUT2D eigenvalue weighted by molar-refractivity contribution is 6.04. The first-order valence-corrected chi connectivity index (χ1v) is 8.20. The Hall–Kier alpha value is -3.43. The van der Waals surface area contributed by atoms with Gasteiger partial charge in [0.1, 0.15) is 6.54 Å². The SMILES string of the molecule is O=C(CN1C(=O)CCc2cc([N+](=O)[O-])ccc21)Nc1ccccc1C(F)(F)F. The van der Waals surface area contributed by atoms with Crippen molar-refractivity contribution in [1.29, 1.82) is 0 Å². The van der Waals surface area contributed by atoms with Gasteiger partial charge in [-0.3, -0.25) is 19.7 Å². The molecule has 0 aromatic heterocycles. The molecule has 1 aliphatic rings. The van der Waals surface area contributed by atoms with Gasteiger partial charge in [0.25, 0.3) is 5.69 Å². The Kier molecular flexibility index (Phi) is 5.04. The number of aryl methyl sites for hydroxylation is 1. The van der Waals surface area contributed by atoms with Gasteiger partial charge in [0.15, 0.2) is 0 Å². The number of nitrogens with zero attached hydrogens (tertiary/aromatic N) is 2. The van der Waals surface area contributed by atoms with Crippen LogP contribution < -0.4 is 10.2 Å². The molecule has 0 atom stereocenters. The minimum Gasteiger partial charge on any atom is -0.324 e. The summed E-state index contributed by atoms with van der Waals surface area (Å²) in [5, 5.41) is 13.1. The second-order valence-electron chi connectivity index (χ2n) is 6.14. The molecule has 3 rings (SSSR count). The minimum absolute atomic E-state index is 0.0422. The number of nitro groups is 1. The van der Waals surface area contributed by atoms with Crippen LogP contribution in [0.3, 0.4) is 0 Å². The summed E-state index contributed by atoms with van der Waals surface area (Å²) in [4.78, 5) is 36.0. The number of halogens is 3. The molecule has 1 heterocycles.